The number of nitrogens with one attached hydrogen (secondary N) is 3. The van der Waals surface area contributed by atoms with Crippen molar-refractivity contribution in [1.82, 2.24) is 15.3 Å². The molecule has 3 aromatic carbocycles. The standard InChI is InChI=1S/C30H32F2N6O5S/c1-33-30(39)34-21-9-7-19(8-10-21)28-35-27-23(29(36-28)38-12-14-43-15-13-38)17-20(18-25(27)42-2)22-5-3-6-24(26(22)32)37-44(40,41)16-4-11-31/h3,5-10,17-18,37H,4,11-16H2,1-2H3,(H2,33,34,39). The van der Waals surface area contributed by atoms with Gasteiger partial charge in [0, 0.05) is 42.3 Å². The zero-order chi connectivity index (χ0) is 31.3. The molecule has 0 bridgehead atoms. The molecular weight excluding hydrogens is 594 g/mol. The number of alkyl halides is 1. The first kappa shape index (κ1) is 30.9. The Balaban J connectivity index is 1.62. The molecule has 0 radical (unpaired) electrons. The van der Waals surface area contributed by atoms with Crippen LogP contribution in [0, 0.1) is 5.82 Å². The van der Waals surface area contributed by atoms with Crippen molar-refractivity contribution in [2.75, 3.05) is 67.8 Å². The van der Waals surface area contributed by atoms with E-state index in [-0.39, 0.29) is 23.7 Å². The van der Waals surface area contributed by atoms with Gasteiger partial charge in [0.25, 0.3) is 0 Å². The van der Waals surface area contributed by atoms with E-state index in [1.807, 2.05) is 0 Å². The minimum absolute atomic E-state index is 0.132. The maximum Gasteiger partial charge on any atom is 0.318 e. The molecule has 232 valence electrons. The second-order valence-corrected chi connectivity index (χ2v) is 11.8. The molecule has 1 aliphatic rings. The molecule has 5 rings (SSSR count). The normalized spacial score (nSPS) is 13.5. The summed E-state index contributed by atoms with van der Waals surface area (Å²) in [7, 11) is -0.929. The Morgan fingerprint density at radius 2 is 1.82 bits per heavy atom. The number of nitrogens with zero attached hydrogens (tertiary/aromatic N) is 3. The van der Waals surface area contributed by atoms with E-state index >= 15 is 4.39 Å². The summed E-state index contributed by atoms with van der Waals surface area (Å²) in [6.45, 7) is 1.33. The molecule has 0 aliphatic carbocycles. The molecule has 44 heavy (non-hydrogen) atoms. The average Bonchev–Trinajstić information content (AvgIpc) is 3.04. The molecule has 1 aromatic heterocycles. The summed E-state index contributed by atoms with van der Waals surface area (Å²) in [5.74, 6) is 0.139. The molecule has 0 spiro atoms. The van der Waals surface area contributed by atoms with Crippen molar-refractivity contribution in [3.8, 4) is 28.3 Å². The number of amides is 2. The molecular formula is C30H32F2N6O5S. The molecule has 4 aromatic rings. The second-order valence-electron chi connectivity index (χ2n) is 9.96. The van der Waals surface area contributed by atoms with Gasteiger partial charge in [-0.05, 0) is 54.4 Å². The molecule has 3 N–H and O–H groups in total. The Bertz CT molecular complexity index is 1770. The van der Waals surface area contributed by atoms with Crippen LogP contribution in [-0.2, 0) is 14.8 Å². The first-order chi connectivity index (χ1) is 21.2. The van der Waals surface area contributed by atoms with Gasteiger partial charge in [-0.3, -0.25) is 9.11 Å². The fourth-order valence-corrected chi connectivity index (χ4v) is 5.92. The van der Waals surface area contributed by atoms with Crippen molar-refractivity contribution < 1.29 is 31.5 Å². The lowest BCUT2D eigenvalue weighted by atomic mass is 10.0. The zero-order valence-corrected chi connectivity index (χ0v) is 25.0. The highest BCUT2D eigenvalue weighted by molar-refractivity contribution is 7.92. The molecule has 0 saturated carbocycles. The molecule has 1 aliphatic heterocycles. The van der Waals surface area contributed by atoms with Crippen LogP contribution in [-0.4, -0.2) is 77.3 Å². The summed E-state index contributed by atoms with van der Waals surface area (Å²) in [4.78, 5) is 23.5. The summed E-state index contributed by atoms with van der Waals surface area (Å²) < 4.78 is 66.6. The van der Waals surface area contributed by atoms with Gasteiger partial charge in [0.2, 0.25) is 10.0 Å². The van der Waals surface area contributed by atoms with Crippen molar-refractivity contribution in [2.24, 2.45) is 0 Å². The highest BCUT2D eigenvalue weighted by Crippen LogP contribution is 2.39. The predicted molar refractivity (Wildman–Crippen MR) is 166 cm³/mol. The first-order valence-electron chi connectivity index (χ1n) is 13.9. The monoisotopic (exact) mass is 626 g/mol. The average molecular weight is 627 g/mol. The maximum atomic E-state index is 15.8. The van der Waals surface area contributed by atoms with Crippen LogP contribution in [0.5, 0.6) is 5.75 Å². The van der Waals surface area contributed by atoms with Crippen LogP contribution in [0.2, 0.25) is 0 Å². The summed E-state index contributed by atoms with van der Waals surface area (Å²) in [6.07, 6.45) is -0.193. The number of morpholine rings is 1. The number of sulfonamides is 1. The van der Waals surface area contributed by atoms with Gasteiger partial charge in [-0.1, -0.05) is 12.1 Å². The Morgan fingerprint density at radius 3 is 2.50 bits per heavy atom. The Hall–Kier alpha value is -4.56. The van der Waals surface area contributed by atoms with Crippen molar-refractivity contribution in [2.45, 2.75) is 6.42 Å². The van der Waals surface area contributed by atoms with E-state index in [0.717, 1.165) is 0 Å². The number of aromatic nitrogens is 2. The fraction of sp³-hybridized carbons (Fsp3) is 0.300. The van der Waals surface area contributed by atoms with Gasteiger partial charge in [0.1, 0.15) is 17.1 Å². The fourth-order valence-electron chi connectivity index (χ4n) is 4.83. The van der Waals surface area contributed by atoms with Crippen LogP contribution in [0.4, 0.5) is 30.8 Å². The number of fused-ring (bicyclic) bond motifs is 1. The number of carbonyl (C=O) groups is 1. The van der Waals surface area contributed by atoms with E-state index in [2.05, 4.69) is 20.3 Å². The first-order valence-corrected chi connectivity index (χ1v) is 15.5. The summed E-state index contributed by atoms with van der Waals surface area (Å²) in [5.41, 5.74) is 2.11. The highest BCUT2D eigenvalue weighted by atomic mass is 32.2. The molecule has 2 amide bonds. The van der Waals surface area contributed by atoms with Crippen molar-refractivity contribution in [1.29, 1.82) is 0 Å². The third kappa shape index (κ3) is 6.81. The van der Waals surface area contributed by atoms with Gasteiger partial charge >= 0.3 is 6.03 Å². The SMILES string of the molecule is CNC(=O)Nc1ccc(-c2nc(N3CCOCC3)c3cc(-c4cccc(NS(=O)(=O)CCCF)c4F)cc(OC)c3n2)cc1. The lowest BCUT2D eigenvalue weighted by molar-refractivity contribution is 0.122. The minimum atomic E-state index is -3.95. The van der Waals surface area contributed by atoms with Crippen LogP contribution in [0.3, 0.4) is 0 Å². The van der Waals surface area contributed by atoms with E-state index in [1.165, 1.54) is 32.4 Å². The lowest BCUT2D eigenvalue weighted by Crippen LogP contribution is -2.37. The number of hydrogen-bond acceptors (Lipinski definition) is 8. The topological polar surface area (TPSA) is 135 Å². The molecule has 11 nitrogen and oxygen atoms in total. The van der Waals surface area contributed by atoms with Gasteiger partial charge < -0.3 is 25.0 Å². The van der Waals surface area contributed by atoms with E-state index in [1.54, 1.807) is 36.4 Å². The van der Waals surface area contributed by atoms with E-state index in [4.69, 9.17) is 19.4 Å². The van der Waals surface area contributed by atoms with Gasteiger partial charge in [0.15, 0.2) is 11.6 Å². The largest absolute Gasteiger partial charge is 0.494 e. The number of carbonyl (C=O) groups excluding carboxylic acids is 1. The number of methoxy groups -OCH3 is 1. The smallest absolute Gasteiger partial charge is 0.318 e. The van der Waals surface area contributed by atoms with Crippen LogP contribution < -0.4 is 25.0 Å². The third-order valence-electron chi connectivity index (χ3n) is 7.03. The third-order valence-corrected chi connectivity index (χ3v) is 8.38. The number of hydrogen-bond donors (Lipinski definition) is 3. The van der Waals surface area contributed by atoms with Gasteiger partial charge in [-0.25, -0.2) is 27.6 Å². The van der Waals surface area contributed by atoms with Crippen molar-refractivity contribution >= 4 is 44.1 Å². The highest BCUT2D eigenvalue weighted by Gasteiger charge is 2.23. The number of benzene rings is 3. The zero-order valence-electron chi connectivity index (χ0n) is 24.2. The number of rotatable bonds is 10. The van der Waals surface area contributed by atoms with Crippen molar-refractivity contribution in [3.05, 3.63) is 60.4 Å². The van der Waals surface area contributed by atoms with Crippen LogP contribution in [0.1, 0.15) is 6.42 Å². The van der Waals surface area contributed by atoms with Gasteiger partial charge in [0.05, 0.1) is 38.4 Å². The van der Waals surface area contributed by atoms with E-state index in [9.17, 15) is 17.6 Å². The second kappa shape index (κ2) is 13.4. The number of urea groups is 1. The molecule has 0 atom stereocenters. The summed E-state index contributed by atoms with van der Waals surface area (Å²) >= 11 is 0. The van der Waals surface area contributed by atoms with Gasteiger partial charge in [-0.2, -0.15) is 0 Å². The predicted octanol–water partition coefficient (Wildman–Crippen LogP) is 4.80. The Labute approximate surface area is 253 Å². The molecule has 1 saturated heterocycles. The minimum Gasteiger partial charge on any atom is -0.494 e. The summed E-state index contributed by atoms with van der Waals surface area (Å²) in [6, 6.07) is 14.5. The summed E-state index contributed by atoms with van der Waals surface area (Å²) in [5, 5.41) is 5.83. The molecule has 1 fully saturated rings. The van der Waals surface area contributed by atoms with Crippen molar-refractivity contribution in [3.63, 3.8) is 0 Å². The van der Waals surface area contributed by atoms with Gasteiger partial charge in [-0.15, -0.1) is 0 Å². The molecule has 2 heterocycles. The number of anilines is 3. The van der Waals surface area contributed by atoms with Crippen LogP contribution in [0.15, 0.2) is 54.6 Å². The lowest BCUT2D eigenvalue weighted by Gasteiger charge is -2.29. The number of ether oxygens (including phenoxy) is 2. The van der Waals surface area contributed by atoms with Crippen LogP contribution >= 0.6 is 0 Å². The quantitative estimate of drug-likeness (QED) is 0.229. The molecule has 0 unspecified atom stereocenters. The van der Waals surface area contributed by atoms with Crippen LogP contribution in [0.25, 0.3) is 33.4 Å². The van der Waals surface area contributed by atoms with E-state index in [0.29, 0.717) is 71.4 Å². The maximum absolute atomic E-state index is 15.8. The van der Waals surface area contributed by atoms with E-state index < -0.39 is 28.3 Å². The Morgan fingerprint density at radius 1 is 1.07 bits per heavy atom. The Kier molecular flexibility index (Phi) is 9.40. The number of halogens is 2. The molecule has 14 heteroatoms.